The lowest BCUT2D eigenvalue weighted by molar-refractivity contribution is 0.245. The molecule has 2 aromatic carbocycles. The van der Waals surface area contributed by atoms with Gasteiger partial charge in [0.05, 0.1) is 16.4 Å². The number of rotatable bonds is 6. The Balaban J connectivity index is 1.51. The van der Waals surface area contributed by atoms with Gasteiger partial charge in [-0.1, -0.05) is 12.1 Å². The molecule has 156 valence electrons. The van der Waals surface area contributed by atoms with Crippen molar-refractivity contribution in [2.75, 3.05) is 32.8 Å². The Bertz CT molecular complexity index is 980. The second kappa shape index (κ2) is 8.42. The Kier molecular flexibility index (Phi) is 5.90. The summed E-state index contributed by atoms with van der Waals surface area (Å²) >= 11 is 0. The summed E-state index contributed by atoms with van der Waals surface area (Å²) in [5, 5.41) is 0. The van der Waals surface area contributed by atoms with Crippen LogP contribution < -0.4 is 10.5 Å². The minimum absolute atomic E-state index is 0.0479. The second-order valence-electron chi connectivity index (χ2n) is 7.97. The van der Waals surface area contributed by atoms with E-state index < -0.39 is 15.7 Å². The molecule has 4 rings (SSSR count). The van der Waals surface area contributed by atoms with Crippen LogP contribution >= 0.6 is 0 Å². The monoisotopic (exact) mass is 418 g/mol. The molecule has 0 aromatic heterocycles. The van der Waals surface area contributed by atoms with Crippen molar-refractivity contribution in [1.82, 2.24) is 4.90 Å². The maximum atomic E-state index is 13.5. The predicted octanol–water partition coefficient (Wildman–Crippen LogP) is 3.20. The highest BCUT2D eigenvalue weighted by molar-refractivity contribution is 7.91. The number of ether oxygens (including phenoxy) is 1. The average molecular weight is 419 g/mol. The number of hydrogen-bond donors (Lipinski definition) is 1. The van der Waals surface area contributed by atoms with Gasteiger partial charge in [0.15, 0.2) is 0 Å². The van der Waals surface area contributed by atoms with Crippen LogP contribution in [0.4, 0.5) is 4.39 Å². The predicted molar refractivity (Wildman–Crippen MR) is 109 cm³/mol. The van der Waals surface area contributed by atoms with Gasteiger partial charge in [0.25, 0.3) is 0 Å². The van der Waals surface area contributed by atoms with Gasteiger partial charge in [0.1, 0.15) is 11.6 Å². The zero-order chi connectivity index (χ0) is 20.4. The standard InChI is InChI=1S/C22H27FN2O3S/c23-18-2-1-3-19(12-18)29(26,27)20-4-5-21-17(8-11-28-22(21)13-20)7-10-25-9-6-16(14-24)15-25/h1-5,12-13,16-17H,6-11,14-15,24H2. The quantitative estimate of drug-likeness (QED) is 0.780. The van der Waals surface area contributed by atoms with Gasteiger partial charge in [-0.2, -0.15) is 0 Å². The number of hydrogen-bond acceptors (Lipinski definition) is 5. The van der Waals surface area contributed by atoms with Crippen LogP contribution in [0.3, 0.4) is 0 Å². The van der Waals surface area contributed by atoms with E-state index in [0.29, 0.717) is 24.2 Å². The Morgan fingerprint density at radius 2 is 1.97 bits per heavy atom. The van der Waals surface area contributed by atoms with E-state index in [4.69, 9.17) is 10.5 Å². The SMILES string of the molecule is NCC1CCN(CCC2CCOc3cc(S(=O)(=O)c4cccc(F)c4)ccc32)C1. The third-order valence-electron chi connectivity index (χ3n) is 6.06. The molecule has 2 N–H and O–H groups in total. The highest BCUT2D eigenvalue weighted by Crippen LogP contribution is 2.38. The first-order valence-corrected chi connectivity index (χ1v) is 11.7. The van der Waals surface area contributed by atoms with Crippen LogP contribution in [0.1, 0.15) is 30.7 Å². The maximum Gasteiger partial charge on any atom is 0.206 e. The van der Waals surface area contributed by atoms with Crippen molar-refractivity contribution in [3.63, 3.8) is 0 Å². The normalized spacial score (nSPS) is 22.3. The van der Waals surface area contributed by atoms with Crippen LogP contribution in [0.5, 0.6) is 5.75 Å². The minimum Gasteiger partial charge on any atom is -0.493 e. The van der Waals surface area contributed by atoms with Crippen molar-refractivity contribution in [3.8, 4) is 5.75 Å². The van der Waals surface area contributed by atoms with Crippen molar-refractivity contribution >= 4 is 9.84 Å². The van der Waals surface area contributed by atoms with Crippen LogP contribution in [0, 0.1) is 11.7 Å². The molecule has 2 aromatic rings. The van der Waals surface area contributed by atoms with Crippen LogP contribution in [0.15, 0.2) is 52.3 Å². The maximum absolute atomic E-state index is 13.5. The van der Waals surface area contributed by atoms with Gasteiger partial charge in [-0.05, 0) is 86.6 Å². The van der Waals surface area contributed by atoms with Crippen LogP contribution in [-0.4, -0.2) is 46.1 Å². The number of fused-ring (bicyclic) bond motifs is 1. The number of sulfone groups is 1. The fourth-order valence-corrected chi connectivity index (χ4v) is 5.63. The number of likely N-dealkylation sites (tertiary alicyclic amines) is 1. The minimum atomic E-state index is -3.79. The molecule has 0 spiro atoms. The first kappa shape index (κ1) is 20.3. The van der Waals surface area contributed by atoms with E-state index in [0.717, 1.165) is 50.7 Å². The lowest BCUT2D eigenvalue weighted by Gasteiger charge is -2.28. The molecule has 29 heavy (non-hydrogen) atoms. The average Bonchev–Trinajstić information content (AvgIpc) is 3.20. The van der Waals surface area contributed by atoms with Gasteiger partial charge >= 0.3 is 0 Å². The third-order valence-corrected chi connectivity index (χ3v) is 7.81. The lowest BCUT2D eigenvalue weighted by atomic mass is 9.90. The Morgan fingerprint density at radius 3 is 2.72 bits per heavy atom. The molecule has 0 aliphatic carbocycles. The van der Waals surface area contributed by atoms with Gasteiger partial charge in [-0.25, -0.2) is 12.8 Å². The summed E-state index contributed by atoms with van der Waals surface area (Å²) in [6.07, 6.45) is 3.11. The van der Waals surface area contributed by atoms with Crippen molar-refractivity contribution < 1.29 is 17.5 Å². The lowest BCUT2D eigenvalue weighted by Crippen LogP contribution is -2.26. The molecule has 0 amide bonds. The summed E-state index contributed by atoms with van der Waals surface area (Å²) in [4.78, 5) is 2.55. The summed E-state index contributed by atoms with van der Waals surface area (Å²) in [7, 11) is -3.79. The van der Waals surface area contributed by atoms with Gasteiger partial charge in [-0.15, -0.1) is 0 Å². The van der Waals surface area contributed by atoms with Crippen molar-refractivity contribution in [2.45, 2.75) is 35.0 Å². The summed E-state index contributed by atoms with van der Waals surface area (Å²) < 4.78 is 45.0. The Labute approximate surface area is 171 Å². The van der Waals surface area contributed by atoms with Crippen LogP contribution in [0.25, 0.3) is 0 Å². The Hall–Kier alpha value is -1.96. The number of nitrogens with zero attached hydrogens (tertiary/aromatic N) is 1. The van der Waals surface area contributed by atoms with E-state index in [1.165, 1.54) is 24.6 Å². The van der Waals surface area contributed by atoms with Crippen LogP contribution in [-0.2, 0) is 9.84 Å². The molecule has 0 bridgehead atoms. The molecular weight excluding hydrogens is 391 g/mol. The molecule has 1 fully saturated rings. The molecule has 2 unspecified atom stereocenters. The topological polar surface area (TPSA) is 72.6 Å². The van der Waals surface area contributed by atoms with E-state index >= 15 is 0 Å². The molecular formula is C22H27FN2O3S. The molecule has 2 aliphatic rings. The van der Waals surface area contributed by atoms with E-state index in [2.05, 4.69) is 4.90 Å². The Morgan fingerprint density at radius 1 is 1.14 bits per heavy atom. The van der Waals surface area contributed by atoms with E-state index in [9.17, 15) is 12.8 Å². The van der Waals surface area contributed by atoms with Crippen molar-refractivity contribution in [1.29, 1.82) is 0 Å². The number of benzene rings is 2. The fourth-order valence-electron chi connectivity index (χ4n) is 4.33. The summed E-state index contributed by atoms with van der Waals surface area (Å²) in [5.74, 6) is 1.01. The molecule has 1 saturated heterocycles. The smallest absolute Gasteiger partial charge is 0.206 e. The largest absolute Gasteiger partial charge is 0.493 e. The van der Waals surface area contributed by atoms with Crippen molar-refractivity contribution in [2.24, 2.45) is 11.7 Å². The number of halogens is 1. The summed E-state index contributed by atoms with van der Waals surface area (Å²) in [6, 6.07) is 10.1. The van der Waals surface area contributed by atoms with Gasteiger partial charge < -0.3 is 15.4 Å². The van der Waals surface area contributed by atoms with Gasteiger partial charge in [0, 0.05) is 6.54 Å². The number of nitrogens with two attached hydrogens (primary N) is 1. The summed E-state index contributed by atoms with van der Waals surface area (Å²) in [6.45, 7) is 4.51. The zero-order valence-corrected chi connectivity index (χ0v) is 17.2. The first-order valence-electron chi connectivity index (χ1n) is 10.2. The molecule has 2 heterocycles. The molecule has 2 aliphatic heterocycles. The third kappa shape index (κ3) is 4.32. The second-order valence-corrected chi connectivity index (χ2v) is 9.92. The first-order chi connectivity index (χ1) is 14.0. The van der Waals surface area contributed by atoms with E-state index in [1.54, 1.807) is 12.1 Å². The van der Waals surface area contributed by atoms with Crippen molar-refractivity contribution in [3.05, 3.63) is 53.8 Å². The van der Waals surface area contributed by atoms with E-state index in [1.807, 2.05) is 6.07 Å². The fraction of sp³-hybridized carbons (Fsp3) is 0.455. The molecule has 0 saturated carbocycles. The zero-order valence-electron chi connectivity index (χ0n) is 16.4. The molecule has 5 nitrogen and oxygen atoms in total. The molecule has 2 atom stereocenters. The molecule has 0 radical (unpaired) electrons. The van der Waals surface area contributed by atoms with Gasteiger partial charge in [-0.3, -0.25) is 0 Å². The highest BCUT2D eigenvalue weighted by atomic mass is 32.2. The van der Waals surface area contributed by atoms with Gasteiger partial charge in [0.2, 0.25) is 9.84 Å². The van der Waals surface area contributed by atoms with Crippen LogP contribution in [0.2, 0.25) is 0 Å². The highest BCUT2D eigenvalue weighted by Gasteiger charge is 2.27. The van der Waals surface area contributed by atoms with E-state index in [-0.39, 0.29) is 9.79 Å². The summed E-state index contributed by atoms with van der Waals surface area (Å²) in [5.41, 5.74) is 6.84. The molecule has 7 heteroatoms.